The molecule has 0 amide bonds. The van der Waals surface area contributed by atoms with Gasteiger partial charge in [0.15, 0.2) is 5.82 Å². The molecule has 4 heteroatoms. The van der Waals surface area contributed by atoms with Gasteiger partial charge >= 0.3 is 0 Å². The summed E-state index contributed by atoms with van der Waals surface area (Å²) in [7, 11) is 0. The molecule has 0 fully saturated rings. The molecule has 0 saturated carbocycles. The van der Waals surface area contributed by atoms with Crippen LogP contribution in [0.4, 0.5) is 5.82 Å². The molecule has 3 aromatic carbocycles. The minimum atomic E-state index is 0.797. The summed E-state index contributed by atoms with van der Waals surface area (Å²) in [6, 6.07) is 29.9. The molecule has 150 valence electrons. The lowest BCUT2D eigenvalue weighted by Gasteiger charge is -2.20. The highest BCUT2D eigenvalue weighted by Crippen LogP contribution is 2.46. The van der Waals surface area contributed by atoms with E-state index >= 15 is 0 Å². The number of aliphatic imine (C=N–C) groups is 2. The van der Waals surface area contributed by atoms with Crippen molar-refractivity contribution < 1.29 is 0 Å². The third kappa shape index (κ3) is 2.83. The quantitative estimate of drug-likeness (QED) is 0.423. The van der Waals surface area contributed by atoms with Crippen molar-refractivity contribution in [2.75, 3.05) is 13.1 Å². The molecule has 6 rings (SSSR count). The Balaban J connectivity index is 1.77. The summed E-state index contributed by atoms with van der Waals surface area (Å²) >= 11 is 0. The van der Waals surface area contributed by atoms with Crippen molar-refractivity contribution >= 4 is 18.0 Å². The van der Waals surface area contributed by atoms with Crippen molar-refractivity contribution in [1.82, 2.24) is 9.47 Å². The first kappa shape index (κ1) is 17.9. The molecule has 0 unspecified atom stereocenters. The average Bonchev–Trinajstić information content (AvgIpc) is 3.43. The summed E-state index contributed by atoms with van der Waals surface area (Å²) in [5.74, 6) is 1.96. The SMILES string of the molecule is Cc1ccc(-n2c3c(c(-c4ccccc4)c2-c2ccccc2)C2=NCCN2C=N3)cc1. The zero-order chi connectivity index (χ0) is 20.8. The number of aromatic nitrogens is 1. The monoisotopic (exact) mass is 402 g/mol. The van der Waals surface area contributed by atoms with Crippen LogP contribution in [0, 0.1) is 6.92 Å². The van der Waals surface area contributed by atoms with Gasteiger partial charge in [0.05, 0.1) is 24.1 Å². The van der Waals surface area contributed by atoms with Gasteiger partial charge in [-0.05, 0) is 30.2 Å². The first-order valence-corrected chi connectivity index (χ1v) is 10.6. The van der Waals surface area contributed by atoms with Gasteiger partial charge in [-0.2, -0.15) is 0 Å². The smallest absolute Gasteiger partial charge is 0.151 e. The van der Waals surface area contributed by atoms with Crippen molar-refractivity contribution in [2.45, 2.75) is 6.92 Å². The van der Waals surface area contributed by atoms with Crippen molar-refractivity contribution in [1.29, 1.82) is 0 Å². The van der Waals surface area contributed by atoms with Crippen LogP contribution < -0.4 is 0 Å². The number of nitrogens with zero attached hydrogens (tertiary/aromatic N) is 4. The minimum absolute atomic E-state index is 0.797. The van der Waals surface area contributed by atoms with Crippen LogP contribution >= 0.6 is 0 Å². The Bertz CT molecular complexity index is 1310. The normalized spacial score (nSPS) is 14.4. The predicted molar refractivity (Wildman–Crippen MR) is 128 cm³/mol. The van der Waals surface area contributed by atoms with Gasteiger partial charge in [0, 0.05) is 17.8 Å². The third-order valence-corrected chi connectivity index (χ3v) is 5.97. The van der Waals surface area contributed by atoms with E-state index in [9.17, 15) is 0 Å². The van der Waals surface area contributed by atoms with Crippen molar-refractivity contribution in [3.05, 3.63) is 96.1 Å². The molecule has 0 bridgehead atoms. The topological polar surface area (TPSA) is 32.9 Å². The van der Waals surface area contributed by atoms with Gasteiger partial charge in [0.2, 0.25) is 0 Å². The molecule has 0 N–H and O–H groups in total. The van der Waals surface area contributed by atoms with Crippen LogP contribution in [0.1, 0.15) is 11.1 Å². The standard InChI is InChI=1S/C27H22N4/c1-19-12-14-22(15-13-19)31-25(21-10-6-3-7-11-21)23(20-8-4-2-5-9-20)24-26-28-16-17-30(26)18-29-27(24)31/h2-15,18H,16-17H2,1H3. The molecule has 0 radical (unpaired) electrons. The highest BCUT2D eigenvalue weighted by atomic mass is 15.3. The van der Waals surface area contributed by atoms with Crippen LogP contribution in [0.15, 0.2) is 94.9 Å². The first-order valence-electron chi connectivity index (χ1n) is 10.6. The molecule has 0 aliphatic carbocycles. The van der Waals surface area contributed by atoms with Crippen molar-refractivity contribution in [3.63, 3.8) is 0 Å². The van der Waals surface area contributed by atoms with E-state index in [1.165, 1.54) is 16.7 Å². The molecular weight excluding hydrogens is 380 g/mol. The molecule has 31 heavy (non-hydrogen) atoms. The Morgan fingerprint density at radius 3 is 2.13 bits per heavy atom. The van der Waals surface area contributed by atoms with E-state index < -0.39 is 0 Å². The number of hydrogen-bond donors (Lipinski definition) is 0. The van der Waals surface area contributed by atoms with Crippen LogP contribution in [-0.4, -0.2) is 34.7 Å². The van der Waals surface area contributed by atoms with Crippen LogP contribution in [-0.2, 0) is 0 Å². The van der Waals surface area contributed by atoms with Crippen molar-refractivity contribution in [3.8, 4) is 28.1 Å². The summed E-state index contributed by atoms with van der Waals surface area (Å²) in [5, 5.41) is 0. The maximum Gasteiger partial charge on any atom is 0.151 e. The second kappa shape index (κ2) is 7.10. The van der Waals surface area contributed by atoms with E-state index in [0.717, 1.165) is 47.3 Å². The number of rotatable bonds is 3. The number of hydrogen-bond acceptors (Lipinski definition) is 3. The highest BCUT2D eigenvalue weighted by Gasteiger charge is 2.34. The fourth-order valence-electron chi connectivity index (χ4n) is 4.51. The number of amidine groups is 1. The van der Waals surface area contributed by atoms with E-state index in [2.05, 4.69) is 101 Å². The third-order valence-electron chi connectivity index (χ3n) is 5.97. The van der Waals surface area contributed by atoms with Gasteiger partial charge in [-0.1, -0.05) is 78.4 Å². The van der Waals surface area contributed by atoms with E-state index in [-0.39, 0.29) is 0 Å². The number of benzene rings is 3. The van der Waals surface area contributed by atoms with Crippen LogP contribution in [0.5, 0.6) is 0 Å². The number of aryl methyl sites for hydroxylation is 1. The van der Waals surface area contributed by atoms with E-state index in [0.29, 0.717) is 0 Å². The number of fused-ring (bicyclic) bond motifs is 3. The second-order valence-electron chi connectivity index (χ2n) is 7.97. The van der Waals surface area contributed by atoms with Crippen LogP contribution in [0.25, 0.3) is 28.1 Å². The lowest BCUT2D eigenvalue weighted by Crippen LogP contribution is -2.29. The Kier molecular flexibility index (Phi) is 4.10. The first-order chi connectivity index (χ1) is 15.3. The minimum Gasteiger partial charge on any atom is -0.315 e. The molecule has 2 aliphatic rings. The van der Waals surface area contributed by atoms with Gasteiger partial charge in [-0.25, -0.2) is 4.99 Å². The highest BCUT2D eigenvalue weighted by molar-refractivity contribution is 6.17. The van der Waals surface area contributed by atoms with Crippen LogP contribution in [0.2, 0.25) is 0 Å². The summed E-state index contributed by atoms with van der Waals surface area (Å²) in [4.78, 5) is 12.0. The lowest BCUT2D eigenvalue weighted by molar-refractivity contribution is 0.679. The van der Waals surface area contributed by atoms with Gasteiger partial charge in [-0.15, -0.1) is 0 Å². The van der Waals surface area contributed by atoms with Gasteiger partial charge in [-0.3, -0.25) is 9.56 Å². The molecular formula is C27H22N4. The molecule has 2 aliphatic heterocycles. The summed E-state index contributed by atoms with van der Waals surface area (Å²) in [6.07, 6.45) is 1.93. The lowest BCUT2D eigenvalue weighted by atomic mass is 9.96. The largest absolute Gasteiger partial charge is 0.315 e. The summed E-state index contributed by atoms with van der Waals surface area (Å²) in [6.45, 7) is 3.79. The fourth-order valence-corrected chi connectivity index (χ4v) is 4.51. The van der Waals surface area contributed by atoms with Gasteiger partial charge < -0.3 is 4.90 Å². The molecule has 0 saturated heterocycles. The summed E-state index contributed by atoms with van der Waals surface area (Å²) < 4.78 is 2.29. The zero-order valence-corrected chi connectivity index (χ0v) is 17.4. The van der Waals surface area contributed by atoms with Gasteiger partial charge in [0.1, 0.15) is 5.84 Å². The predicted octanol–water partition coefficient (Wildman–Crippen LogP) is 5.86. The molecule has 0 spiro atoms. The Labute approximate surface area is 181 Å². The van der Waals surface area contributed by atoms with Crippen molar-refractivity contribution in [2.24, 2.45) is 9.98 Å². The van der Waals surface area contributed by atoms with Crippen LogP contribution in [0.3, 0.4) is 0 Å². The zero-order valence-electron chi connectivity index (χ0n) is 17.4. The maximum atomic E-state index is 4.95. The summed E-state index contributed by atoms with van der Waals surface area (Å²) in [5.41, 5.74) is 8.13. The molecule has 3 heterocycles. The van der Waals surface area contributed by atoms with Gasteiger partial charge in [0.25, 0.3) is 0 Å². The second-order valence-corrected chi connectivity index (χ2v) is 7.97. The van der Waals surface area contributed by atoms with E-state index in [1.807, 2.05) is 6.34 Å². The Hall–Kier alpha value is -3.92. The van der Waals surface area contributed by atoms with E-state index in [1.54, 1.807) is 0 Å². The molecule has 4 aromatic rings. The Morgan fingerprint density at radius 1 is 0.742 bits per heavy atom. The molecule has 0 atom stereocenters. The molecule has 1 aromatic heterocycles. The van der Waals surface area contributed by atoms with E-state index in [4.69, 9.17) is 9.98 Å². The Morgan fingerprint density at radius 2 is 1.42 bits per heavy atom. The maximum absolute atomic E-state index is 4.95. The molecule has 4 nitrogen and oxygen atoms in total. The fraction of sp³-hybridized carbons (Fsp3) is 0.111. The average molecular weight is 403 g/mol.